The van der Waals surface area contributed by atoms with Crippen LogP contribution in [0.1, 0.15) is 11.6 Å². The summed E-state index contributed by atoms with van der Waals surface area (Å²) in [6, 6.07) is 8.63. The molecule has 3 amide bonds. The molecule has 88 valence electrons. The number of hydrogen-bond acceptors (Lipinski definition) is 2. The van der Waals surface area contributed by atoms with Crippen molar-refractivity contribution >= 4 is 11.9 Å². The topological polar surface area (TPSA) is 70.2 Å². The standard InChI is InChI=1S/C12H13N3O2/c1-13-11(16)9-7-14-12(17)15-10(9)8-5-3-2-4-6-8/h2-7,10H,1H3,(H,13,16)(H2,14,15,17). The number of likely N-dealkylation sites (N-methyl/N-ethyl adjacent to an activating group) is 1. The van der Waals surface area contributed by atoms with Crippen LogP contribution in [0.2, 0.25) is 0 Å². The van der Waals surface area contributed by atoms with Gasteiger partial charge in [-0.05, 0) is 5.56 Å². The summed E-state index contributed by atoms with van der Waals surface area (Å²) < 4.78 is 0. The van der Waals surface area contributed by atoms with E-state index in [2.05, 4.69) is 16.0 Å². The predicted octanol–water partition coefficient (Wildman–Crippen LogP) is 0.670. The van der Waals surface area contributed by atoms with E-state index in [1.807, 2.05) is 30.3 Å². The Labute approximate surface area is 98.9 Å². The van der Waals surface area contributed by atoms with E-state index in [9.17, 15) is 9.59 Å². The van der Waals surface area contributed by atoms with Crippen LogP contribution in [0.3, 0.4) is 0 Å². The van der Waals surface area contributed by atoms with Crippen LogP contribution in [-0.4, -0.2) is 19.0 Å². The van der Waals surface area contributed by atoms with Gasteiger partial charge in [-0.15, -0.1) is 0 Å². The van der Waals surface area contributed by atoms with Crippen LogP contribution in [0.15, 0.2) is 42.1 Å². The normalized spacial score (nSPS) is 18.8. The lowest BCUT2D eigenvalue weighted by molar-refractivity contribution is -0.117. The average Bonchev–Trinajstić information content (AvgIpc) is 2.39. The van der Waals surface area contributed by atoms with Crippen LogP contribution >= 0.6 is 0 Å². The van der Waals surface area contributed by atoms with Crippen molar-refractivity contribution in [1.29, 1.82) is 0 Å². The van der Waals surface area contributed by atoms with Gasteiger partial charge in [-0.2, -0.15) is 0 Å². The first-order valence-electron chi connectivity index (χ1n) is 5.26. The highest BCUT2D eigenvalue weighted by molar-refractivity contribution is 5.97. The van der Waals surface area contributed by atoms with Crippen LogP contribution in [0.5, 0.6) is 0 Å². The van der Waals surface area contributed by atoms with Crippen molar-refractivity contribution in [2.75, 3.05) is 7.05 Å². The largest absolute Gasteiger partial charge is 0.355 e. The molecule has 1 aliphatic heterocycles. The smallest absolute Gasteiger partial charge is 0.319 e. The fourth-order valence-electron chi connectivity index (χ4n) is 1.73. The summed E-state index contributed by atoms with van der Waals surface area (Å²) in [4.78, 5) is 23.0. The van der Waals surface area contributed by atoms with Crippen LogP contribution in [0.4, 0.5) is 4.79 Å². The first kappa shape index (κ1) is 11.2. The lowest BCUT2D eigenvalue weighted by Gasteiger charge is -2.25. The van der Waals surface area contributed by atoms with Crippen molar-refractivity contribution in [3.63, 3.8) is 0 Å². The SMILES string of the molecule is CNC(=O)C1=CNC(=O)NC1c1ccccc1. The summed E-state index contributed by atoms with van der Waals surface area (Å²) in [5, 5.41) is 7.74. The molecule has 1 aromatic carbocycles. The molecule has 1 unspecified atom stereocenters. The zero-order valence-electron chi connectivity index (χ0n) is 9.36. The Morgan fingerprint density at radius 3 is 2.65 bits per heavy atom. The molecule has 2 rings (SSSR count). The van der Waals surface area contributed by atoms with E-state index in [-0.39, 0.29) is 11.9 Å². The number of nitrogens with one attached hydrogen (secondary N) is 3. The van der Waals surface area contributed by atoms with Crippen LogP contribution in [0.25, 0.3) is 0 Å². The van der Waals surface area contributed by atoms with Gasteiger partial charge in [0.2, 0.25) is 0 Å². The highest BCUT2D eigenvalue weighted by atomic mass is 16.2. The third-order valence-corrected chi connectivity index (χ3v) is 2.57. The van der Waals surface area contributed by atoms with Gasteiger partial charge in [-0.25, -0.2) is 4.79 Å². The van der Waals surface area contributed by atoms with Gasteiger partial charge in [0.1, 0.15) is 0 Å². The Balaban J connectivity index is 2.36. The van der Waals surface area contributed by atoms with Crippen molar-refractivity contribution in [2.24, 2.45) is 0 Å². The zero-order valence-corrected chi connectivity index (χ0v) is 9.36. The number of urea groups is 1. The van der Waals surface area contributed by atoms with E-state index < -0.39 is 6.04 Å². The predicted molar refractivity (Wildman–Crippen MR) is 63.0 cm³/mol. The van der Waals surface area contributed by atoms with Gasteiger partial charge in [0.15, 0.2) is 0 Å². The molecule has 1 atom stereocenters. The molecule has 5 nitrogen and oxygen atoms in total. The Morgan fingerprint density at radius 1 is 1.29 bits per heavy atom. The molecule has 0 radical (unpaired) electrons. The van der Waals surface area contributed by atoms with E-state index >= 15 is 0 Å². The fraction of sp³-hybridized carbons (Fsp3) is 0.167. The second kappa shape index (κ2) is 4.69. The van der Waals surface area contributed by atoms with Crippen molar-refractivity contribution in [2.45, 2.75) is 6.04 Å². The minimum absolute atomic E-state index is 0.216. The Kier molecular flexibility index (Phi) is 3.09. The van der Waals surface area contributed by atoms with E-state index in [0.717, 1.165) is 5.56 Å². The maximum absolute atomic E-state index is 11.7. The van der Waals surface area contributed by atoms with E-state index in [4.69, 9.17) is 0 Å². The monoisotopic (exact) mass is 231 g/mol. The van der Waals surface area contributed by atoms with Crippen molar-refractivity contribution in [3.8, 4) is 0 Å². The van der Waals surface area contributed by atoms with Gasteiger partial charge >= 0.3 is 6.03 Å². The molecule has 0 aromatic heterocycles. The van der Waals surface area contributed by atoms with Crippen molar-refractivity contribution in [1.82, 2.24) is 16.0 Å². The Hall–Kier alpha value is -2.30. The third kappa shape index (κ3) is 2.28. The summed E-state index contributed by atoms with van der Waals surface area (Å²) in [6.07, 6.45) is 1.44. The third-order valence-electron chi connectivity index (χ3n) is 2.57. The van der Waals surface area contributed by atoms with Gasteiger partial charge in [0.05, 0.1) is 11.6 Å². The summed E-state index contributed by atoms with van der Waals surface area (Å²) in [7, 11) is 1.56. The number of rotatable bonds is 2. The second-order valence-electron chi connectivity index (χ2n) is 3.64. The first-order valence-corrected chi connectivity index (χ1v) is 5.26. The van der Waals surface area contributed by atoms with Gasteiger partial charge in [-0.3, -0.25) is 4.79 Å². The summed E-state index contributed by atoms with van der Waals surface area (Å²) in [5.41, 5.74) is 1.36. The number of carbonyl (C=O) groups excluding carboxylic acids is 2. The molecule has 0 aliphatic carbocycles. The van der Waals surface area contributed by atoms with E-state index in [1.165, 1.54) is 6.20 Å². The lowest BCUT2D eigenvalue weighted by atomic mass is 9.98. The van der Waals surface area contributed by atoms with Gasteiger partial charge < -0.3 is 16.0 Å². The van der Waals surface area contributed by atoms with Gasteiger partial charge in [0, 0.05) is 13.2 Å². The van der Waals surface area contributed by atoms with E-state index in [0.29, 0.717) is 5.57 Å². The molecule has 1 heterocycles. The highest BCUT2D eigenvalue weighted by Crippen LogP contribution is 2.23. The molecule has 1 aromatic rings. The minimum Gasteiger partial charge on any atom is -0.355 e. The molecular weight excluding hydrogens is 218 g/mol. The van der Waals surface area contributed by atoms with Gasteiger partial charge in [0.25, 0.3) is 5.91 Å². The van der Waals surface area contributed by atoms with Crippen LogP contribution in [-0.2, 0) is 4.79 Å². The fourth-order valence-corrected chi connectivity index (χ4v) is 1.73. The summed E-state index contributed by atoms with van der Waals surface area (Å²) in [5.74, 6) is -0.216. The molecule has 5 heteroatoms. The molecule has 0 bridgehead atoms. The maximum atomic E-state index is 11.7. The van der Waals surface area contributed by atoms with Crippen LogP contribution in [0, 0.1) is 0 Å². The molecule has 0 spiro atoms. The molecule has 0 saturated carbocycles. The molecule has 17 heavy (non-hydrogen) atoms. The second-order valence-corrected chi connectivity index (χ2v) is 3.64. The average molecular weight is 231 g/mol. The number of amides is 3. The minimum atomic E-state index is -0.412. The first-order chi connectivity index (χ1) is 8.22. The van der Waals surface area contributed by atoms with E-state index in [1.54, 1.807) is 7.05 Å². The number of benzene rings is 1. The lowest BCUT2D eigenvalue weighted by Crippen LogP contribution is -2.44. The molecule has 1 aliphatic rings. The maximum Gasteiger partial charge on any atom is 0.319 e. The summed E-state index contributed by atoms with van der Waals surface area (Å²) >= 11 is 0. The Morgan fingerprint density at radius 2 is 2.00 bits per heavy atom. The van der Waals surface area contributed by atoms with Crippen molar-refractivity contribution in [3.05, 3.63) is 47.7 Å². The van der Waals surface area contributed by atoms with Gasteiger partial charge in [-0.1, -0.05) is 30.3 Å². The summed E-state index contributed by atoms with van der Waals surface area (Å²) in [6.45, 7) is 0. The highest BCUT2D eigenvalue weighted by Gasteiger charge is 2.26. The Bertz CT molecular complexity index is 468. The molecule has 3 N–H and O–H groups in total. The molecule has 0 fully saturated rings. The molecular formula is C12H13N3O2. The quantitative estimate of drug-likeness (QED) is 0.700. The van der Waals surface area contributed by atoms with Crippen molar-refractivity contribution < 1.29 is 9.59 Å². The van der Waals surface area contributed by atoms with Crippen LogP contribution < -0.4 is 16.0 Å². The molecule has 0 saturated heterocycles. The zero-order chi connectivity index (χ0) is 12.3. The number of hydrogen-bond donors (Lipinski definition) is 3. The number of carbonyl (C=O) groups is 2.